The van der Waals surface area contributed by atoms with Crippen molar-refractivity contribution in [3.63, 3.8) is 0 Å². The van der Waals surface area contributed by atoms with Gasteiger partial charge in [0.1, 0.15) is 11.6 Å². The van der Waals surface area contributed by atoms with Gasteiger partial charge in [0.2, 0.25) is 0 Å². The Morgan fingerprint density at radius 2 is 1.68 bits per heavy atom. The number of halogens is 1. The number of ether oxygens (including phenoxy) is 3. The largest absolute Gasteiger partial charge is 0.497 e. The molecule has 1 heterocycles. The Bertz CT molecular complexity index is 1260. The molecule has 1 atom stereocenters. The summed E-state index contributed by atoms with van der Waals surface area (Å²) in [6.45, 7) is 5.27. The smallest absolute Gasteiger partial charge is 0.337 e. The second kappa shape index (κ2) is 12.7. The standard InChI is InChI=1S/C30H33FN2O5/c1-21-7-12-25(31)18-27(21)29(34)33-15-13-32(14-16-33)19-28(24-5-4-6-26(17-24)36-2)38-20-22-8-10-23(11-9-22)30(35)37-3/h4-12,17-18,28H,13-16,19-20H2,1-3H3/t28-/m1/s1. The molecule has 0 aliphatic carbocycles. The number of amides is 1. The van der Waals surface area contributed by atoms with E-state index in [1.807, 2.05) is 43.3 Å². The van der Waals surface area contributed by atoms with E-state index in [9.17, 15) is 14.0 Å². The molecule has 1 amide bonds. The van der Waals surface area contributed by atoms with Crippen molar-refractivity contribution in [3.05, 3.63) is 100 Å². The Kier molecular flexibility index (Phi) is 9.10. The minimum atomic E-state index is -0.407. The molecule has 0 unspecified atom stereocenters. The third-order valence-electron chi connectivity index (χ3n) is 6.81. The van der Waals surface area contributed by atoms with Gasteiger partial charge in [-0.25, -0.2) is 9.18 Å². The quantitative estimate of drug-likeness (QED) is 0.383. The highest BCUT2D eigenvalue weighted by Crippen LogP contribution is 2.25. The predicted octanol–water partition coefficient (Wildman–Crippen LogP) is 4.65. The minimum Gasteiger partial charge on any atom is -0.497 e. The first-order chi connectivity index (χ1) is 18.4. The van der Waals surface area contributed by atoms with Crippen molar-refractivity contribution in [2.24, 2.45) is 0 Å². The van der Waals surface area contributed by atoms with E-state index in [1.165, 1.54) is 19.2 Å². The van der Waals surface area contributed by atoms with Crippen molar-refractivity contribution in [1.82, 2.24) is 9.80 Å². The van der Waals surface area contributed by atoms with Crippen LogP contribution in [0.3, 0.4) is 0 Å². The molecule has 38 heavy (non-hydrogen) atoms. The molecule has 1 saturated heterocycles. The maximum Gasteiger partial charge on any atom is 0.337 e. The second-order valence-electron chi connectivity index (χ2n) is 9.32. The van der Waals surface area contributed by atoms with Gasteiger partial charge in [0.25, 0.3) is 5.91 Å². The van der Waals surface area contributed by atoms with Crippen LogP contribution in [0.1, 0.15) is 43.5 Å². The number of methoxy groups -OCH3 is 2. The molecule has 0 saturated carbocycles. The lowest BCUT2D eigenvalue weighted by Crippen LogP contribution is -2.49. The second-order valence-corrected chi connectivity index (χ2v) is 9.32. The van der Waals surface area contributed by atoms with Crippen LogP contribution < -0.4 is 4.74 Å². The molecule has 8 heteroatoms. The molecule has 7 nitrogen and oxygen atoms in total. The highest BCUT2D eigenvalue weighted by Gasteiger charge is 2.26. The van der Waals surface area contributed by atoms with Gasteiger partial charge >= 0.3 is 5.97 Å². The Balaban J connectivity index is 1.41. The van der Waals surface area contributed by atoms with E-state index in [4.69, 9.17) is 14.2 Å². The zero-order chi connectivity index (χ0) is 27.1. The molecule has 1 aliphatic rings. The van der Waals surface area contributed by atoms with Crippen LogP contribution in [0.4, 0.5) is 4.39 Å². The van der Waals surface area contributed by atoms with Crippen LogP contribution in [0.25, 0.3) is 0 Å². The monoisotopic (exact) mass is 520 g/mol. The van der Waals surface area contributed by atoms with Crippen LogP contribution >= 0.6 is 0 Å². The van der Waals surface area contributed by atoms with E-state index in [1.54, 1.807) is 30.2 Å². The highest BCUT2D eigenvalue weighted by atomic mass is 19.1. The summed E-state index contributed by atoms with van der Waals surface area (Å²) in [4.78, 5) is 28.8. The van der Waals surface area contributed by atoms with Crippen molar-refractivity contribution in [1.29, 1.82) is 0 Å². The van der Waals surface area contributed by atoms with Crippen LogP contribution in [-0.4, -0.2) is 68.6 Å². The Morgan fingerprint density at radius 1 is 0.947 bits per heavy atom. The molecular weight excluding hydrogens is 487 g/mol. The number of nitrogens with zero attached hydrogens (tertiary/aromatic N) is 2. The minimum absolute atomic E-state index is 0.141. The summed E-state index contributed by atoms with van der Waals surface area (Å²) >= 11 is 0. The van der Waals surface area contributed by atoms with Crippen LogP contribution in [0, 0.1) is 12.7 Å². The van der Waals surface area contributed by atoms with Crippen molar-refractivity contribution in [2.45, 2.75) is 19.6 Å². The van der Waals surface area contributed by atoms with Gasteiger partial charge in [-0.2, -0.15) is 0 Å². The SMILES string of the molecule is COC(=O)c1ccc(CO[C@H](CN2CCN(C(=O)c3cc(F)ccc3C)CC2)c2cccc(OC)c2)cc1. The molecule has 3 aromatic carbocycles. The number of benzene rings is 3. The number of hydrogen-bond acceptors (Lipinski definition) is 6. The maximum absolute atomic E-state index is 13.7. The number of carbonyl (C=O) groups excluding carboxylic acids is 2. The average Bonchev–Trinajstić information content (AvgIpc) is 2.96. The fraction of sp³-hybridized carbons (Fsp3) is 0.333. The average molecular weight is 521 g/mol. The van der Waals surface area contributed by atoms with Crippen LogP contribution in [0.2, 0.25) is 0 Å². The highest BCUT2D eigenvalue weighted by molar-refractivity contribution is 5.95. The van der Waals surface area contributed by atoms with Gasteiger partial charge in [0.05, 0.1) is 32.5 Å². The molecule has 4 rings (SSSR count). The first-order valence-electron chi connectivity index (χ1n) is 12.6. The topological polar surface area (TPSA) is 68.3 Å². The zero-order valence-corrected chi connectivity index (χ0v) is 22.0. The number of hydrogen-bond donors (Lipinski definition) is 0. The van der Waals surface area contributed by atoms with Gasteiger partial charge in [-0.1, -0.05) is 30.3 Å². The fourth-order valence-corrected chi connectivity index (χ4v) is 4.51. The molecule has 0 aromatic heterocycles. The lowest BCUT2D eigenvalue weighted by atomic mass is 10.1. The van der Waals surface area contributed by atoms with Crippen molar-refractivity contribution in [2.75, 3.05) is 46.9 Å². The summed E-state index contributed by atoms with van der Waals surface area (Å²) in [5, 5.41) is 0. The fourth-order valence-electron chi connectivity index (χ4n) is 4.51. The van der Waals surface area contributed by atoms with Gasteiger partial charge in [0, 0.05) is 38.3 Å². The Morgan fingerprint density at radius 3 is 2.37 bits per heavy atom. The van der Waals surface area contributed by atoms with E-state index < -0.39 is 5.82 Å². The van der Waals surface area contributed by atoms with Gasteiger partial charge in [0.15, 0.2) is 0 Å². The molecule has 0 N–H and O–H groups in total. The number of esters is 1. The predicted molar refractivity (Wildman–Crippen MR) is 142 cm³/mol. The van der Waals surface area contributed by atoms with Crippen LogP contribution in [-0.2, 0) is 16.1 Å². The van der Waals surface area contributed by atoms with E-state index in [-0.39, 0.29) is 18.0 Å². The Labute approximate surface area is 222 Å². The summed E-state index contributed by atoms with van der Waals surface area (Å²) < 4.78 is 30.3. The third kappa shape index (κ3) is 6.76. The molecule has 3 aromatic rings. The van der Waals surface area contributed by atoms with Crippen molar-refractivity contribution >= 4 is 11.9 Å². The van der Waals surface area contributed by atoms with Crippen molar-refractivity contribution < 1.29 is 28.2 Å². The maximum atomic E-state index is 13.7. The van der Waals surface area contributed by atoms with Crippen LogP contribution in [0.15, 0.2) is 66.7 Å². The lowest BCUT2D eigenvalue weighted by Gasteiger charge is -2.36. The molecule has 0 spiro atoms. The third-order valence-corrected chi connectivity index (χ3v) is 6.81. The first kappa shape index (κ1) is 27.3. The van der Waals surface area contributed by atoms with Gasteiger partial charge < -0.3 is 19.1 Å². The Hall–Kier alpha value is -3.75. The summed E-state index contributed by atoms with van der Waals surface area (Å²) in [6, 6.07) is 19.3. The van der Waals surface area contributed by atoms with E-state index in [0.717, 1.165) is 22.4 Å². The van der Waals surface area contributed by atoms with Crippen molar-refractivity contribution in [3.8, 4) is 5.75 Å². The van der Waals surface area contributed by atoms with Gasteiger partial charge in [-0.05, 0) is 60.0 Å². The molecular formula is C30H33FN2O5. The normalized spacial score (nSPS) is 14.7. The summed E-state index contributed by atoms with van der Waals surface area (Å²) in [6.07, 6.45) is -0.238. The van der Waals surface area contributed by atoms with E-state index >= 15 is 0 Å². The molecule has 0 bridgehead atoms. The summed E-state index contributed by atoms with van der Waals surface area (Å²) in [5.74, 6) is -0.176. The molecule has 1 fully saturated rings. The number of aryl methyl sites for hydroxylation is 1. The first-order valence-corrected chi connectivity index (χ1v) is 12.6. The van der Waals surface area contributed by atoms with Crippen LogP contribution in [0.5, 0.6) is 5.75 Å². The lowest BCUT2D eigenvalue weighted by molar-refractivity contribution is 0.00330. The molecule has 200 valence electrons. The number of piperazine rings is 1. The zero-order valence-electron chi connectivity index (χ0n) is 22.0. The number of rotatable bonds is 9. The summed E-state index contributed by atoms with van der Waals surface area (Å²) in [5.41, 5.74) is 3.59. The van der Waals surface area contributed by atoms with Gasteiger partial charge in [-0.15, -0.1) is 0 Å². The molecule has 0 radical (unpaired) electrons. The van der Waals surface area contributed by atoms with E-state index in [0.29, 0.717) is 50.5 Å². The number of carbonyl (C=O) groups is 2. The molecule has 1 aliphatic heterocycles. The summed E-state index contributed by atoms with van der Waals surface area (Å²) in [7, 11) is 2.99. The van der Waals surface area contributed by atoms with Gasteiger partial charge in [-0.3, -0.25) is 9.69 Å². The van der Waals surface area contributed by atoms with E-state index in [2.05, 4.69) is 4.90 Å².